The lowest BCUT2D eigenvalue weighted by Crippen LogP contribution is -2.41. The molecule has 3 nitrogen and oxygen atoms in total. The minimum atomic E-state index is 0. The summed E-state index contributed by atoms with van der Waals surface area (Å²) in [5.74, 6) is 0.651. The topological polar surface area (TPSA) is 50.4 Å². The summed E-state index contributed by atoms with van der Waals surface area (Å²) in [6, 6.07) is 0.566. The van der Waals surface area contributed by atoms with Gasteiger partial charge in [-0.05, 0) is 44.9 Å². The Bertz CT molecular complexity index is 307. The predicted octanol–water partition coefficient (Wildman–Crippen LogP) is 3.73. The van der Waals surface area contributed by atoms with E-state index in [9.17, 15) is 0 Å². The van der Waals surface area contributed by atoms with Crippen LogP contribution in [0.25, 0.3) is 0 Å². The first-order valence-electron chi connectivity index (χ1n) is 7.59. The number of nitrogens with one attached hydrogen (secondary N) is 1. The Morgan fingerprint density at radius 3 is 2.68 bits per heavy atom. The van der Waals surface area contributed by atoms with Gasteiger partial charge >= 0.3 is 0 Å². The third-order valence-corrected chi connectivity index (χ3v) is 4.06. The van der Waals surface area contributed by atoms with Gasteiger partial charge in [0.15, 0.2) is 5.96 Å². The van der Waals surface area contributed by atoms with Crippen LogP contribution in [-0.4, -0.2) is 18.5 Å². The van der Waals surface area contributed by atoms with Gasteiger partial charge in [-0.1, -0.05) is 30.9 Å². The van der Waals surface area contributed by atoms with Crippen LogP contribution in [0.2, 0.25) is 0 Å². The van der Waals surface area contributed by atoms with E-state index in [-0.39, 0.29) is 24.0 Å². The summed E-state index contributed by atoms with van der Waals surface area (Å²) in [7, 11) is 0. The van der Waals surface area contributed by atoms with Crippen molar-refractivity contribution in [3.05, 3.63) is 11.6 Å². The van der Waals surface area contributed by atoms with E-state index in [1.54, 1.807) is 5.57 Å². The van der Waals surface area contributed by atoms with E-state index in [4.69, 9.17) is 5.73 Å². The van der Waals surface area contributed by atoms with Gasteiger partial charge in [-0.3, -0.25) is 4.99 Å². The molecule has 0 spiro atoms. The molecule has 0 unspecified atom stereocenters. The molecule has 0 saturated heterocycles. The fourth-order valence-electron chi connectivity index (χ4n) is 2.95. The van der Waals surface area contributed by atoms with Crippen LogP contribution in [-0.2, 0) is 0 Å². The molecule has 0 amide bonds. The maximum Gasteiger partial charge on any atom is 0.188 e. The smallest absolute Gasteiger partial charge is 0.188 e. The SMILES string of the molecule is I.NC(=NCCC1=CCCCC1)NC1CCCCC1. The van der Waals surface area contributed by atoms with Gasteiger partial charge in [0.2, 0.25) is 0 Å². The molecule has 0 aliphatic heterocycles. The highest BCUT2D eigenvalue weighted by atomic mass is 127. The van der Waals surface area contributed by atoms with Crippen LogP contribution in [0.3, 0.4) is 0 Å². The van der Waals surface area contributed by atoms with Crippen LogP contribution < -0.4 is 11.1 Å². The number of hydrogen-bond acceptors (Lipinski definition) is 1. The average Bonchev–Trinajstić information content (AvgIpc) is 2.41. The molecule has 0 aromatic carbocycles. The predicted molar refractivity (Wildman–Crippen MR) is 93.1 cm³/mol. The highest BCUT2D eigenvalue weighted by Gasteiger charge is 2.13. The number of halogens is 1. The number of allylic oxidation sites excluding steroid dienone is 1. The van der Waals surface area contributed by atoms with Crippen LogP contribution >= 0.6 is 24.0 Å². The van der Waals surface area contributed by atoms with Crippen molar-refractivity contribution in [2.75, 3.05) is 6.54 Å². The molecule has 0 aromatic heterocycles. The first-order chi connectivity index (χ1) is 8.84. The summed E-state index contributed by atoms with van der Waals surface area (Å²) < 4.78 is 0. The maximum absolute atomic E-state index is 5.94. The molecule has 1 fully saturated rings. The quantitative estimate of drug-likeness (QED) is 0.340. The molecule has 0 heterocycles. The van der Waals surface area contributed by atoms with Gasteiger partial charge in [-0.2, -0.15) is 0 Å². The van der Waals surface area contributed by atoms with Crippen molar-refractivity contribution in [1.29, 1.82) is 0 Å². The van der Waals surface area contributed by atoms with Crippen molar-refractivity contribution in [3.8, 4) is 0 Å². The fraction of sp³-hybridized carbons (Fsp3) is 0.800. The third kappa shape index (κ3) is 6.63. The van der Waals surface area contributed by atoms with Gasteiger partial charge in [0.1, 0.15) is 0 Å². The number of guanidine groups is 1. The number of hydrogen-bond donors (Lipinski definition) is 2. The van der Waals surface area contributed by atoms with Crippen LogP contribution in [0, 0.1) is 0 Å². The molecular formula is C15H28IN3. The van der Waals surface area contributed by atoms with Gasteiger partial charge in [-0.15, -0.1) is 24.0 Å². The second kappa shape index (κ2) is 9.61. The average molecular weight is 377 g/mol. The normalized spacial score (nSPS) is 21.5. The Hall–Kier alpha value is -0.260. The molecule has 19 heavy (non-hydrogen) atoms. The molecule has 2 rings (SSSR count). The molecule has 0 bridgehead atoms. The lowest BCUT2D eigenvalue weighted by Gasteiger charge is -2.23. The Morgan fingerprint density at radius 1 is 1.21 bits per heavy atom. The highest BCUT2D eigenvalue weighted by Crippen LogP contribution is 2.20. The minimum absolute atomic E-state index is 0. The van der Waals surface area contributed by atoms with E-state index in [1.165, 1.54) is 57.8 Å². The monoisotopic (exact) mass is 377 g/mol. The van der Waals surface area contributed by atoms with E-state index < -0.39 is 0 Å². The molecule has 4 heteroatoms. The Kier molecular flexibility index (Phi) is 8.50. The third-order valence-electron chi connectivity index (χ3n) is 4.06. The summed E-state index contributed by atoms with van der Waals surface area (Å²) >= 11 is 0. The van der Waals surface area contributed by atoms with E-state index in [0.717, 1.165) is 13.0 Å². The summed E-state index contributed by atoms with van der Waals surface area (Å²) in [5.41, 5.74) is 7.52. The van der Waals surface area contributed by atoms with Crippen molar-refractivity contribution in [3.63, 3.8) is 0 Å². The van der Waals surface area contributed by atoms with Crippen molar-refractivity contribution in [2.24, 2.45) is 10.7 Å². The maximum atomic E-state index is 5.94. The zero-order chi connectivity index (χ0) is 12.6. The van der Waals surface area contributed by atoms with Crippen LogP contribution in [0.15, 0.2) is 16.6 Å². The summed E-state index contributed by atoms with van der Waals surface area (Å²) in [5, 5.41) is 3.36. The molecule has 2 aliphatic rings. The van der Waals surface area contributed by atoms with Crippen LogP contribution in [0.5, 0.6) is 0 Å². The lowest BCUT2D eigenvalue weighted by atomic mass is 9.96. The zero-order valence-corrected chi connectivity index (χ0v) is 14.2. The van der Waals surface area contributed by atoms with Crippen molar-refractivity contribution in [1.82, 2.24) is 5.32 Å². The zero-order valence-electron chi connectivity index (χ0n) is 11.9. The van der Waals surface area contributed by atoms with Crippen LogP contribution in [0.1, 0.15) is 64.2 Å². The Balaban J connectivity index is 0.00000180. The molecule has 3 N–H and O–H groups in total. The largest absolute Gasteiger partial charge is 0.370 e. The number of aliphatic imine (C=N–C) groups is 1. The standard InChI is InChI=1S/C15H27N3.HI/c16-15(18-14-9-5-2-6-10-14)17-12-11-13-7-3-1-4-8-13;/h7,14H,1-6,8-12H2,(H3,16,17,18);1H. The number of rotatable bonds is 4. The van der Waals surface area contributed by atoms with E-state index in [2.05, 4.69) is 16.4 Å². The first kappa shape index (κ1) is 16.8. The number of nitrogens with zero attached hydrogens (tertiary/aromatic N) is 1. The fourth-order valence-corrected chi connectivity index (χ4v) is 2.95. The summed E-state index contributed by atoms with van der Waals surface area (Å²) in [6.45, 7) is 0.845. The van der Waals surface area contributed by atoms with Gasteiger partial charge in [0.05, 0.1) is 0 Å². The Morgan fingerprint density at radius 2 is 2.00 bits per heavy atom. The highest BCUT2D eigenvalue weighted by molar-refractivity contribution is 14.0. The minimum Gasteiger partial charge on any atom is -0.370 e. The molecule has 0 atom stereocenters. The van der Waals surface area contributed by atoms with Gasteiger partial charge in [0, 0.05) is 12.6 Å². The van der Waals surface area contributed by atoms with Gasteiger partial charge in [-0.25, -0.2) is 0 Å². The van der Waals surface area contributed by atoms with Gasteiger partial charge in [0.25, 0.3) is 0 Å². The second-order valence-electron chi connectivity index (χ2n) is 5.60. The summed E-state index contributed by atoms with van der Waals surface area (Å²) in [6.07, 6.45) is 15.3. The van der Waals surface area contributed by atoms with Crippen LogP contribution in [0.4, 0.5) is 0 Å². The van der Waals surface area contributed by atoms with Crippen molar-refractivity contribution >= 4 is 29.9 Å². The van der Waals surface area contributed by atoms with Crippen molar-refractivity contribution < 1.29 is 0 Å². The molecule has 1 saturated carbocycles. The summed E-state index contributed by atoms with van der Waals surface area (Å²) in [4.78, 5) is 4.45. The molecule has 0 radical (unpaired) electrons. The van der Waals surface area contributed by atoms with Crippen molar-refractivity contribution in [2.45, 2.75) is 70.3 Å². The lowest BCUT2D eigenvalue weighted by molar-refractivity contribution is 0.412. The van der Waals surface area contributed by atoms with E-state index >= 15 is 0 Å². The van der Waals surface area contributed by atoms with E-state index in [0.29, 0.717) is 12.0 Å². The molecule has 2 aliphatic carbocycles. The second-order valence-corrected chi connectivity index (χ2v) is 5.60. The molecular weight excluding hydrogens is 349 g/mol. The van der Waals surface area contributed by atoms with Gasteiger partial charge < -0.3 is 11.1 Å². The number of nitrogens with two attached hydrogens (primary N) is 1. The molecule has 0 aromatic rings. The first-order valence-corrected chi connectivity index (χ1v) is 7.59. The molecule has 110 valence electrons. The van der Waals surface area contributed by atoms with E-state index in [1.807, 2.05) is 0 Å². The Labute approximate surface area is 134 Å².